The van der Waals surface area contributed by atoms with E-state index in [1.165, 1.54) is 0 Å². The summed E-state index contributed by atoms with van der Waals surface area (Å²) in [7, 11) is 0. The molecule has 0 aliphatic rings. The van der Waals surface area contributed by atoms with Crippen LogP contribution in [0, 0.1) is 6.92 Å². The van der Waals surface area contributed by atoms with E-state index in [0.29, 0.717) is 0 Å². The maximum absolute atomic E-state index is 6.25. The Balaban J connectivity index is 1.86. The van der Waals surface area contributed by atoms with Crippen LogP contribution in [-0.4, -0.2) is 21.3 Å². The van der Waals surface area contributed by atoms with Gasteiger partial charge >= 0.3 is 0 Å². The monoisotopic (exact) mass is 278 g/mol. The maximum Gasteiger partial charge on any atom is 0.0860 e. The number of nitrogens with zero attached hydrogens (tertiary/aromatic N) is 3. The van der Waals surface area contributed by atoms with Gasteiger partial charge in [0.1, 0.15) is 0 Å². The molecule has 0 saturated heterocycles. The van der Waals surface area contributed by atoms with Gasteiger partial charge in [-0.15, -0.1) is 0 Å². The quantitative estimate of drug-likeness (QED) is 0.826. The molecular weight excluding hydrogens is 260 g/mol. The molecule has 0 aliphatic heterocycles. The second kappa shape index (κ2) is 6.68. The summed E-state index contributed by atoms with van der Waals surface area (Å²) in [4.78, 5) is 4.30. The average Bonchev–Trinajstić information content (AvgIpc) is 2.72. The van der Waals surface area contributed by atoms with E-state index in [1.807, 2.05) is 36.0 Å². The lowest BCUT2D eigenvalue weighted by Gasteiger charge is -2.07. The Kier molecular flexibility index (Phi) is 4.93. The number of hydrogen-bond donors (Lipinski definition) is 1. The predicted molar refractivity (Wildman–Crippen MR) is 77.3 cm³/mol. The second-order valence-corrected chi connectivity index (χ2v) is 4.79. The number of rotatable bonds is 6. The summed E-state index contributed by atoms with van der Waals surface area (Å²) < 4.78 is 1.95. The highest BCUT2D eigenvalue weighted by atomic mass is 35.5. The number of pyridine rings is 1. The first-order valence-corrected chi connectivity index (χ1v) is 6.92. The molecule has 1 N–H and O–H groups in total. The summed E-state index contributed by atoms with van der Waals surface area (Å²) in [6.07, 6.45) is 2.74. The molecule has 102 valence electrons. The molecule has 0 spiro atoms. The van der Waals surface area contributed by atoms with Gasteiger partial charge in [-0.25, -0.2) is 0 Å². The molecule has 2 aromatic rings. The van der Waals surface area contributed by atoms with Crippen LogP contribution in [-0.2, 0) is 19.5 Å². The lowest BCUT2D eigenvalue weighted by Crippen LogP contribution is -2.19. The van der Waals surface area contributed by atoms with Crippen molar-refractivity contribution in [2.45, 2.75) is 33.4 Å². The summed E-state index contributed by atoms with van der Waals surface area (Å²) in [5, 5.41) is 8.56. The largest absolute Gasteiger partial charge is 0.311 e. The fourth-order valence-electron chi connectivity index (χ4n) is 2.01. The Morgan fingerprint density at radius 1 is 1.37 bits per heavy atom. The first kappa shape index (κ1) is 14.0. The van der Waals surface area contributed by atoms with Crippen LogP contribution in [0.15, 0.2) is 24.4 Å². The van der Waals surface area contributed by atoms with E-state index in [4.69, 9.17) is 11.6 Å². The number of aryl methyl sites for hydroxylation is 2. The van der Waals surface area contributed by atoms with Crippen LogP contribution in [0.1, 0.15) is 24.0 Å². The molecule has 0 aromatic carbocycles. The molecule has 4 nitrogen and oxygen atoms in total. The van der Waals surface area contributed by atoms with Crippen LogP contribution in [0.2, 0.25) is 5.02 Å². The number of hydrogen-bond acceptors (Lipinski definition) is 3. The molecule has 19 heavy (non-hydrogen) atoms. The minimum atomic E-state index is 0.736. The standard InChI is InChI=1S/C14H19ClN4/c1-3-19-13(14(15)11(2)18-19)10-16-9-7-12-6-4-5-8-17-12/h4-6,8,16H,3,7,9-10H2,1-2H3. The number of halogens is 1. The normalized spacial score (nSPS) is 10.9. The third-order valence-corrected chi connectivity index (χ3v) is 3.52. The Labute approximate surface area is 118 Å². The first-order valence-electron chi connectivity index (χ1n) is 6.54. The van der Waals surface area contributed by atoms with Crippen LogP contribution in [0.5, 0.6) is 0 Å². The lowest BCUT2D eigenvalue weighted by molar-refractivity contribution is 0.579. The van der Waals surface area contributed by atoms with Crippen molar-refractivity contribution in [3.8, 4) is 0 Å². The predicted octanol–water partition coefficient (Wildman–Crippen LogP) is 2.59. The van der Waals surface area contributed by atoms with Crippen molar-refractivity contribution in [3.05, 3.63) is 46.5 Å². The van der Waals surface area contributed by atoms with Gasteiger partial charge in [0.05, 0.1) is 16.4 Å². The van der Waals surface area contributed by atoms with Gasteiger partial charge in [-0.1, -0.05) is 17.7 Å². The van der Waals surface area contributed by atoms with Gasteiger partial charge in [-0.2, -0.15) is 5.10 Å². The molecule has 2 rings (SSSR count). The highest BCUT2D eigenvalue weighted by Crippen LogP contribution is 2.19. The van der Waals surface area contributed by atoms with Crippen molar-refractivity contribution >= 4 is 11.6 Å². The second-order valence-electron chi connectivity index (χ2n) is 4.41. The molecule has 0 atom stereocenters. The molecule has 0 unspecified atom stereocenters. The third-order valence-electron chi connectivity index (χ3n) is 3.03. The lowest BCUT2D eigenvalue weighted by atomic mass is 10.2. The van der Waals surface area contributed by atoms with Crippen molar-refractivity contribution in [2.24, 2.45) is 0 Å². The Hall–Kier alpha value is -1.39. The fraction of sp³-hybridized carbons (Fsp3) is 0.429. The average molecular weight is 279 g/mol. The zero-order chi connectivity index (χ0) is 13.7. The molecule has 0 fully saturated rings. The van der Waals surface area contributed by atoms with Crippen molar-refractivity contribution < 1.29 is 0 Å². The van der Waals surface area contributed by atoms with E-state index < -0.39 is 0 Å². The van der Waals surface area contributed by atoms with Crippen LogP contribution < -0.4 is 5.32 Å². The molecule has 2 aromatic heterocycles. The molecule has 0 aliphatic carbocycles. The van der Waals surface area contributed by atoms with Crippen LogP contribution in [0.3, 0.4) is 0 Å². The van der Waals surface area contributed by atoms with Crippen LogP contribution in [0.4, 0.5) is 0 Å². The zero-order valence-corrected chi connectivity index (χ0v) is 12.1. The van der Waals surface area contributed by atoms with E-state index in [2.05, 4.69) is 22.3 Å². The molecule has 0 amide bonds. The van der Waals surface area contributed by atoms with Crippen LogP contribution in [0.25, 0.3) is 0 Å². The molecule has 0 bridgehead atoms. The van der Waals surface area contributed by atoms with Crippen molar-refractivity contribution in [1.29, 1.82) is 0 Å². The molecule has 5 heteroatoms. The highest BCUT2D eigenvalue weighted by Gasteiger charge is 2.11. The van der Waals surface area contributed by atoms with E-state index in [1.54, 1.807) is 0 Å². The summed E-state index contributed by atoms with van der Waals surface area (Å²) >= 11 is 6.25. The van der Waals surface area contributed by atoms with Gasteiger partial charge in [0, 0.05) is 37.9 Å². The van der Waals surface area contributed by atoms with E-state index in [9.17, 15) is 0 Å². The summed E-state index contributed by atoms with van der Waals surface area (Å²) in [5.74, 6) is 0. The smallest absolute Gasteiger partial charge is 0.0860 e. The minimum Gasteiger partial charge on any atom is -0.311 e. The topological polar surface area (TPSA) is 42.7 Å². The van der Waals surface area contributed by atoms with Crippen LogP contribution >= 0.6 is 11.6 Å². The molecular formula is C14H19ClN4. The summed E-state index contributed by atoms with van der Waals surface area (Å²) in [6.45, 7) is 6.46. The maximum atomic E-state index is 6.25. The number of aromatic nitrogens is 3. The Morgan fingerprint density at radius 3 is 2.89 bits per heavy atom. The third kappa shape index (κ3) is 3.55. The molecule has 2 heterocycles. The molecule has 0 saturated carbocycles. The van der Waals surface area contributed by atoms with Crippen molar-refractivity contribution in [1.82, 2.24) is 20.1 Å². The summed E-state index contributed by atoms with van der Waals surface area (Å²) in [5.41, 5.74) is 3.05. The SMILES string of the molecule is CCn1nc(C)c(Cl)c1CNCCc1ccccn1. The van der Waals surface area contributed by atoms with Crippen molar-refractivity contribution in [3.63, 3.8) is 0 Å². The van der Waals surface area contributed by atoms with Gasteiger partial charge in [0.2, 0.25) is 0 Å². The zero-order valence-electron chi connectivity index (χ0n) is 11.4. The van der Waals surface area contributed by atoms with E-state index in [-0.39, 0.29) is 0 Å². The van der Waals surface area contributed by atoms with E-state index >= 15 is 0 Å². The summed E-state index contributed by atoms with van der Waals surface area (Å²) in [6, 6.07) is 5.98. The van der Waals surface area contributed by atoms with Gasteiger partial charge in [-0.05, 0) is 26.0 Å². The van der Waals surface area contributed by atoms with E-state index in [0.717, 1.165) is 48.2 Å². The van der Waals surface area contributed by atoms with Gasteiger partial charge in [0.25, 0.3) is 0 Å². The number of nitrogens with one attached hydrogen (secondary N) is 1. The van der Waals surface area contributed by atoms with Crippen molar-refractivity contribution in [2.75, 3.05) is 6.54 Å². The Morgan fingerprint density at radius 2 is 2.21 bits per heavy atom. The fourth-order valence-corrected chi connectivity index (χ4v) is 2.21. The Bertz CT molecular complexity index is 522. The first-order chi connectivity index (χ1) is 9.22. The molecule has 0 radical (unpaired) electrons. The van der Waals surface area contributed by atoms with Gasteiger partial charge in [0.15, 0.2) is 0 Å². The van der Waals surface area contributed by atoms with Gasteiger partial charge < -0.3 is 5.32 Å². The minimum absolute atomic E-state index is 0.736. The highest BCUT2D eigenvalue weighted by molar-refractivity contribution is 6.31. The van der Waals surface area contributed by atoms with Gasteiger partial charge in [-0.3, -0.25) is 9.67 Å².